The molecule has 1 aromatic heterocycles. The zero-order valence-electron chi connectivity index (χ0n) is 17.2. The molecule has 3 rings (SSSR count). The average molecular weight is 437 g/mol. The van der Waals surface area contributed by atoms with Gasteiger partial charge in [-0.1, -0.05) is 0 Å². The Morgan fingerprint density at radius 1 is 1.23 bits per heavy atom. The largest absolute Gasteiger partial charge is 0.416 e. The van der Waals surface area contributed by atoms with Gasteiger partial charge in [-0.2, -0.15) is 13.2 Å². The number of methoxy groups -OCH3 is 1. The van der Waals surface area contributed by atoms with Crippen LogP contribution in [0.3, 0.4) is 0 Å². The summed E-state index contributed by atoms with van der Waals surface area (Å²) >= 11 is 0. The fourth-order valence-electron chi connectivity index (χ4n) is 3.43. The van der Waals surface area contributed by atoms with Gasteiger partial charge in [-0.15, -0.1) is 0 Å². The maximum Gasteiger partial charge on any atom is 0.416 e. The highest BCUT2D eigenvalue weighted by molar-refractivity contribution is 5.95. The molecule has 0 fully saturated rings. The second kappa shape index (κ2) is 9.47. The van der Waals surface area contributed by atoms with E-state index in [2.05, 4.69) is 10.3 Å². The van der Waals surface area contributed by atoms with Crippen LogP contribution in [0.25, 0.3) is 0 Å². The molecule has 0 radical (unpaired) electrons. The van der Waals surface area contributed by atoms with Gasteiger partial charge in [0.15, 0.2) is 0 Å². The monoisotopic (exact) mass is 437 g/mol. The van der Waals surface area contributed by atoms with Gasteiger partial charge in [-0.05, 0) is 42.8 Å². The Labute approximate surface area is 177 Å². The average Bonchev–Trinajstić information content (AvgIpc) is 2.70. The SMILES string of the molecule is COCCN1CCC(Nc2ccnc(Cc3cc(F)cc(C(F)(F)F)c3)c2)=C(C)C1=O. The molecule has 0 aliphatic carbocycles. The van der Waals surface area contributed by atoms with Crippen LogP contribution in [0.5, 0.6) is 0 Å². The number of benzene rings is 1. The van der Waals surface area contributed by atoms with E-state index in [1.165, 1.54) is 6.20 Å². The van der Waals surface area contributed by atoms with E-state index in [4.69, 9.17) is 4.74 Å². The van der Waals surface area contributed by atoms with Gasteiger partial charge in [0.25, 0.3) is 5.91 Å². The van der Waals surface area contributed by atoms with Crippen molar-refractivity contribution in [1.82, 2.24) is 9.88 Å². The van der Waals surface area contributed by atoms with Crippen molar-refractivity contribution in [2.45, 2.75) is 25.9 Å². The molecule has 31 heavy (non-hydrogen) atoms. The van der Waals surface area contributed by atoms with Gasteiger partial charge in [0.2, 0.25) is 0 Å². The van der Waals surface area contributed by atoms with Gasteiger partial charge in [-0.25, -0.2) is 4.39 Å². The molecule has 2 heterocycles. The Balaban J connectivity index is 1.75. The summed E-state index contributed by atoms with van der Waals surface area (Å²) in [6.45, 7) is 3.29. The lowest BCUT2D eigenvalue weighted by atomic mass is 10.0. The number of hydrogen-bond donors (Lipinski definition) is 1. The lowest BCUT2D eigenvalue weighted by Crippen LogP contribution is -2.39. The first-order valence-corrected chi connectivity index (χ1v) is 9.74. The molecule has 2 aromatic rings. The van der Waals surface area contributed by atoms with Crippen molar-refractivity contribution < 1.29 is 27.1 Å². The number of nitrogens with zero attached hydrogens (tertiary/aromatic N) is 2. The molecule has 1 aliphatic heterocycles. The van der Waals surface area contributed by atoms with Crippen molar-refractivity contribution >= 4 is 11.6 Å². The van der Waals surface area contributed by atoms with Crippen LogP contribution in [0.1, 0.15) is 30.2 Å². The summed E-state index contributed by atoms with van der Waals surface area (Å²) in [5.74, 6) is -1.02. The van der Waals surface area contributed by atoms with E-state index in [0.29, 0.717) is 49.1 Å². The van der Waals surface area contributed by atoms with E-state index in [9.17, 15) is 22.4 Å². The molecule has 166 valence electrons. The van der Waals surface area contributed by atoms with Crippen LogP contribution in [0.2, 0.25) is 0 Å². The Bertz CT molecular complexity index is 989. The maximum absolute atomic E-state index is 13.7. The Kier molecular flexibility index (Phi) is 6.94. The van der Waals surface area contributed by atoms with Crippen LogP contribution in [-0.2, 0) is 22.1 Å². The summed E-state index contributed by atoms with van der Waals surface area (Å²) in [7, 11) is 1.58. The summed E-state index contributed by atoms with van der Waals surface area (Å²) in [6.07, 6.45) is -2.43. The fraction of sp³-hybridized carbons (Fsp3) is 0.364. The van der Waals surface area contributed by atoms with Crippen LogP contribution >= 0.6 is 0 Å². The smallest absolute Gasteiger partial charge is 0.383 e. The summed E-state index contributed by atoms with van der Waals surface area (Å²) in [5.41, 5.74) is 1.66. The number of rotatable bonds is 7. The molecule has 0 unspecified atom stereocenters. The Morgan fingerprint density at radius 3 is 2.71 bits per heavy atom. The molecule has 0 saturated heterocycles. The minimum atomic E-state index is -4.62. The summed E-state index contributed by atoms with van der Waals surface area (Å²) in [6, 6.07) is 5.85. The van der Waals surface area contributed by atoms with Gasteiger partial charge in [0.1, 0.15) is 5.82 Å². The van der Waals surface area contributed by atoms with Gasteiger partial charge in [0, 0.05) is 61.9 Å². The number of carbonyl (C=O) groups excluding carboxylic acids is 1. The van der Waals surface area contributed by atoms with Crippen LogP contribution < -0.4 is 5.32 Å². The predicted octanol–water partition coefficient (Wildman–Crippen LogP) is 4.39. The highest BCUT2D eigenvalue weighted by Gasteiger charge is 2.31. The molecule has 1 N–H and O–H groups in total. The van der Waals surface area contributed by atoms with Gasteiger partial charge in [0.05, 0.1) is 12.2 Å². The van der Waals surface area contributed by atoms with Crippen LogP contribution in [0, 0.1) is 5.82 Å². The number of anilines is 1. The summed E-state index contributed by atoms with van der Waals surface area (Å²) in [5, 5.41) is 3.22. The molecule has 1 aliphatic rings. The minimum absolute atomic E-state index is 0.0398. The second-order valence-electron chi connectivity index (χ2n) is 7.32. The van der Waals surface area contributed by atoms with E-state index in [0.717, 1.165) is 17.8 Å². The number of carbonyl (C=O) groups is 1. The number of alkyl halides is 3. The van der Waals surface area contributed by atoms with Crippen molar-refractivity contribution in [1.29, 1.82) is 0 Å². The third kappa shape index (κ3) is 5.81. The van der Waals surface area contributed by atoms with Gasteiger partial charge in [-0.3, -0.25) is 9.78 Å². The number of ether oxygens (including phenoxy) is 1. The van der Waals surface area contributed by atoms with Crippen molar-refractivity contribution in [3.63, 3.8) is 0 Å². The second-order valence-corrected chi connectivity index (χ2v) is 7.32. The van der Waals surface area contributed by atoms with Gasteiger partial charge < -0.3 is 15.0 Å². The quantitative estimate of drug-likeness (QED) is 0.653. The number of pyridine rings is 1. The normalized spacial score (nSPS) is 14.9. The van der Waals surface area contributed by atoms with Crippen molar-refractivity contribution in [2.24, 2.45) is 0 Å². The first-order chi connectivity index (χ1) is 14.7. The lowest BCUT2D eigenvalue weighted by molar-refractivity contribution is -0.137. The molecule has 1 amide bonds. The van der Waals surface area contributed by atoms with E-state index < -0.39 is 17.6 Å². The third-order valence-electron chi connectivity index (χ3n) is 5.04. The van der Waals surface area contributed by atoms with E-state index in [-0.39, 0.29) is 17.9 Å². The fourth-order valence-corrected chi connectivity index (χ4v) is 3.43. The van der Waals surface area contributed by atoms with E-state index in [1.807, 2.05) is 0 Å². The number of halogens is 4. The molecule has 0 atom stereocenters. The van der Waals surface area contributed by atoms with Gasteiger partial charge >= 0.3 is 6.18 Å². The van der Waals surface area contributed by atoms with Crippen molar-refractivity contribution in [2.75, 3.05) is 32.1 Å². The first-order valence-electron chi connectivity index (χ1n) is 9.74. The topological polar surface area (TPSA) is 54.5 Å². The highest BCUT2D eigenvalue weighted by atomic mass is 19.4. The van der Waals surface area contributed by atoms with Crippen molar-refractivity contribution in [3.05, 3.63) is 70.4 Å². The molecule has 9 heteroatoms. The van der Waals surface area contributed by atoms with Crippen LogP contribution in [0.4, 0.5) is 23.2 Å². The van der Waals surface area contributed by atoms with Crippen LogP contribution in [-0.4, -0.2) is 42.6 Å². The minimum Gasteiger partial charge on any atom is -0.383 e. The maximum atomic E-state index is 13.7. The number of aromatic nitrogens is 1. The zero-order chi connectivity index (χ0) is 22.6. The van der Waals surface area contributed by atoms with Crippen molar-refractivity contribution in [3.8, 4) is 0 Å². The standard InChI is InChI=1S/C22H23F4N3O2/c1-14-20(4-6-29(21(14)30)7-8-31-2)28-18-3-5-27-19(13-18)11-15-9-16(22(24,25)26)12-17(23)10-15/h3,5,9-10,12-13H,4,6-8,11H2,1-2H3,(H,27,28). The summed E-state index contributed by atoms with van der Waals surface area (Å²) in [4.78, 5) is 18.4. The molecule has 5 nitrogen and oxygen atoms in total. The lowest BCUT2D eigenvalue weighted by Gasteiger charge is -2.29. The third-order valence-corrected chi connectivity index (χ3v) is 5.04. The molecule has 0 spiro atoms. The van der Waals surface area contributed by atoms with E-state index in [1.54, 1.807) is 31.1 Å². The van der Waals surface area contributed by atoms with E-state index >= 15 is 0 Å². The Morgan fingerprint density at radius 2 is 2.00 bits per heavy atom. The molecule has 1 aromatic carbocycles. The van der Waals surface area contributed by atoms with Crippen LogP contribution in [0.15, 0.2) is 47.8 Å². The highest BCUT2D eigenvalue weighted by Crippen LogP contribution is 2.31. The zero-order valence-corrected chi connectivity index (χ0v) is 17.2. The predicted molar refractivity (Wildman–Crippen MR) is 108 cm³/mol. The number of nitrogens with one attached hydrogen (secondary N) is 1. The molecular formula is C22H23F4N3O2. The first kappa shape index (κ1) is 22.7. The summed E-state index contributed by atoms with van der Waals surface area (Å²) < 4.78 is 57.5. The number of hydrogen-bond acceptors (Lipinski definition) is 4. The Hall–Kier alpha value is -2.94. The number of amides is 1. The molecular weight excluding hydrogens is 414 g/mol. The molecule has 0 saturated carbocycles. The molecule has 0 bridgehead atoms.